The first-order valence-electron chi connectivity index (χ1n) is 8.30. The standard InChI is InChI=1S/C21H20FN3O/c1-13-8-14(2)20(15(3)9-13)25-21(26)16-10-17(12-23-11-16)24-19-7-5-4-6-18(19)22/h4-12,24H,1-3H3,(H,25,26). The highest BCUT2D eigenvalue weighted by Crippen LogP contribution is 2.24. The Morgan fingerprint density at radius 1 is 1.00 bits per heavy atom. The van der Waals surface area contributed by atoms with Crippen LogP contribution in [-0.2, 0) is 0 Å². The Morgan fingerprint density at radius 3 is 2.38 bits per heavy atom. The van der Waals surface area contributed by atoms with E-state index in [2.05, 4.69) is 15.6 Å². The summed E-state index contributed by atoms with van der Waals surface area (Å²) in [5, 5.41) is 5.89. The van der Waals surface area contributed by atoms with E-state index in [1.807, 2.05) is 32.9 Å². The molecule has 0 unspecified atom stereocenters. The van der Waals surface area contributed by atoms with Crippen LogP contribution in [0.25, 0.3) is 0 Å². The van der Waals surface area contributed by atoms with Crippen molar-refractivity contribution in [3.05, 3.63) is 82.9 Å². The molecule has 0 saturated carbocycles. The number of carbonyl (C=O) groups excluding carboxylic acids is 1. The maximum absolute atomic E-state index is 13.8. The smallest absolute Gasteiger partial charge is 0.257 e. The van der Waals surface area contributed by atoms with Gasteiger partial charge in [0.2, 0.25) is 0 Å². The number of carbonyl (C=O) groups is 1. The summed E-state index contributed by atoms with van der Waals surface area (Å²) < 4.78 is 13.8. The lowest BCUT2D eigenvalue weighted by atomic mass is 10.0. The molecule has 0 aliphatic heterocycles. The molecule has 2 aromatic carbocycles. The predicted octanol–water partition coefficient (Wildman–Crippen LogP) is 5.14. The Hall–Kier alpha value is -3.21. The maximum atomic E-state index is 13.8. The van der Waals surface area contributed by atoms with Crippen LogP contribution in [0.3, 0.4) is 0 Å². The van der Waals surface area contributed by atoms with Crippen LogP contribution >= 0.6 is 0 Å². The summed E-state index contributed by atoms with van der Waals surface area (Å²) in [5.41, 5.74) is 5.22. The Balaban J connectivity index is 1.82. The Kier molecular flexibility index (Phi) is 4.98. The SMILES string of the molecule is Cc1cc(C)c(NC(=O)c2cncc(Nc3ccccc3F)c2)c(C)c1. The van der Waals surface area contributed by atoms with Crippen LogP contribution in [0.1, 0.15) is 27.0 Å². The number of nitrogens with one attached hydrogen (secondary N) is 2. The van der Waals surface area contributed by atoms with Gasteiger partial charge in [-0.05, 0) is 50.1 Å². The van der Waals surface area contributed by atoms with Crippen LogP contribution in [0.5, 0.6) is 0 Å². The van der Waals surface area contributed by atoms with Crippen LogP contribution in [0, 0.1) is 26.6 Å². The van der Waals surface area contributed by atoms with Crippen molar-refractivity contribution in [2.45, 2.75) is 20.8 Å². The zero-order valence-electron chi connectivity index (χ0n) is 14.9. The van der Waals surface area contributed by atoms with Crippen molar-refractivity contribution >= 4 is 23.0 Å². The fourth-order valence-corrected chi connectivity index (χ4v) is 2.91. The van der Waals surface area contributed by atoms with E-state index in [0.717, 1.165) is 22.4 Å². The van der Waals surface area contributed by atoms with Crippen molar-refractivity contribution in [1.82, 2.24) is 4.98 Å². The van der Waals surface area contributed by atoms with Crippen molar-refractivity contribution in [3.63, 3.8) is 0 Å². The van der Waals surface area contributed by atoms with Crippen molar-refractivity contribution in [2.24, 2.45) is 0 Å². The molecule has 1 heterocycles. The molecule has 0 spiro atoms. The number of amides is 1. The normalized spacial score (nSPS) is 10.5. The molecule has 3 aromatic rings. The number of nitrogens with zero attached hydrogens (tertiary/aromatic N) is 1. The van der Waals surface area contributed by atoms with Crippen LogP contribution < -0.4 is 10.6 Å². The molecule has 0 fully saturated rings. The van der Waals surface area contributed by atoms with Gasteiger partial charge in [0, 0.05) is 11.9 Å². The third-order valence-electron chi connectivity index (χ3n) is 4.07. The number of rotatable bonds is 4. The van der Waals surface area contributed by atoms with E-state index in [9.17, 15) is 9.18 Å². The minimum absolute atomic E-state index is 0.260. The number of aryl methyl sites for hydroxylation is 3. The van der Waals surface area contributed by atoms with Crippen LogP contribution in [0.4, 0.5) is 21.5 Å². The van der Waals surface area contributed by atoms with Gasteiger partial charge in [-0.15, -0.1) is 0 Å². The lowest BCUT2D eigenvalue weighted by molar-refractivity contribution is 0.102. The molecule has 132 valence electrons. The summed E-state index contributed by atoms with van der Waals surface area (Å²) in [5.74, 6) is -0.627. The van der Waals surface area contributed by atoms with E-state index in [-0.39, 0.29) is 11.7 Å². The summed E-state index contributed by atoms with van der Waals surface area (Å²) >= 11 is 0. The molecule has 26 heavy (non-hydrogen) atoms. The van der Waals surface area contributed by atoms with E-state index < -0.39 is 0 Å². The molecule has 1 amide bonds. The average molecular weight is 349 g/mol. The molecule has 0 aliphatic rings. The van der Waals surface area contributed by atoms with Gasteiger partial charge in [0.1, 0.15) is 5.82 Å². The zero-order chi connectivity index (χ0) is 18.7. The second kappa shape index (κ2) is 7.35. The molecular weight excluding hydrogens is 329 g/mol. The van der Waals surface area contributed by atoms with Crippen LogP contribution in [-0.4, -0.2) is 10.9 Å². The lowest BCUT2D eigenvalue weighted by Crippen LogP contribution is -2.14. The third kappa shape index (κ3) is 3.88. The predicted molar refractivity (Wildman–Crippen MR) is 103 cm³/mol. The number of pyridine rings is 1. The molecule has 0 atom stereocenters. The zero-order valence-corrected chi connectivity index (χ0v) is 14.9. The van der Waals surface area contributed by atoms with Gasteiger partial charge in [0.05, 0.1) is 23.1 Å². The molecule has 2 N–H and O–H groups in total. The molecule has 3 rings (SSSR count). The van der Waals surface area contributed by atoms with E-state index in [1.165, 1.54) is 12.3 Å². The van der Waals surface area contributed by atoms with Crippen LogP contribution in [0.2, 0.25) is 0 Å². The monoisotopic (exact) mass is 349 g/mol. The van der Waals surface area contributed by atoms with Gasteiger partial charge in [-0.25, -0.2) is 4.39 Å². The summed E-state index contributed by atoms with van der Waals surface area (Å²) in [6.07, 6.45) is 3.03. The third-order valence-corrected chi connectivity index (χ3v) is 4.07. The number of aromatic nitrogens is 1. The van der Waals surface area contributed by atoms with Gasteiger partial charge in [0.15, 0.2) is 0 Å². The van der Waals surface area contributed by atoms with E-state index in [4.69, 9.17) is 0 Å². The van der Waals surface area contributed by atoms with Crippen molar-refractivity contribution in [3.8, 4) is 0 Å². The lowest BCUT2D eigenvalue weighted by Gasteiger charge is -2.13. The highest BCUT2D eigenvalue weighted by molar-refractivity contribution is 6.05. The van der Waals surface area contributed by atoms with E-state index >= 15 is 0 Å². The first kappa shape index (κ1) is 17.6. The summed E-state index contributed by atoms with van der Waals surface area (Å²) in [6.45, 7) is 5.95. The van der Waals surface area contributed by atoms with Gasteiger partial charge < -0.3 is 10.6 Å². The molecule has 5 heteroatoms. The van der Waals surface area contributed by atoms with Crippen molar-refractivity contribution < 1.29 is 9.18 Å². The number of benzene rings is 2. The van der Waals surface area contributed by atoms with E-state index in [1.54, 1.807) is 30.5 Å². The summed E-state index contributed by atoms with van der Waals surface area (Å²) in [7, 11) is 0. The quantitative estimate of drug-likeness (QED) is 0.685. The second-order valence-electron chi connectivity index (χ2n) is 6.29. The molecule has 0 saturated heterocycles. The Labute approximate surface area is 152 Å². The van der Waals surface area contributed by atoms with E-state index in [0.29, 0.717) is 16.9 Å². The largest absolute Gasteiger partial charge is 0.352 e. The van der Waals surface area contributed by atoms with Gasteiger partial charge in [-0.1, -0.05) is 29.8 Å². The van der Waals surface area contributed by atoms with Crippen LogP contribution in [0.15, 0.2) is 54.9 Å². The summed E-state index contributed by atoms with van der Waals surface area (Å²) in [6, 6.07) is 12.0. The molecule has 4 nitrogen and oxygen atoms in total. The fraction of sp³-hybridized carbons (Fsp3) is 0.143. The van der Waals surface area contributed by atoms with Gasteiger partial charge in [-0.3, -0.25) is 9.78 Å². The summed E-state index contributed by atoms with van der Waals surface area (Å²) in [4.78, 5) is 16.7. The minimum Gasteiger partial charge on any atom is -0.352 e. The molecular formula is C21H20FN3O. The minimum atomic E-state index is -0.367. The highest BCUT2D eigenvalue weighted by atomic mass is 19.1. The number of para-hydroxylation sites is 1. The maximum Gasteiger partial charge on any atom is 0.257 e. The fourth-order valence-electron chi connectivity index (χ4n) is 2.91. The van der Waals surface area contributed by atoms with Gasteiger partial charge in [-0.2, -0.15) is 0 Å². The number of anilines is 3. The number of hydrogen-bond donors (Lipinski definition) is 2. The van der Waals surface area contributed by atoms with Crippen molar-refractivity contribution in [2.75, 3.05) is 10.6 Å². The second-order valence-corrected chi connectivity index (χ2v) is 6.29. The first-order chi connectivity index (χ1) is 12.4. The molecule has 1 aromatic heterocycles. The van der Waals surface area contributed by atoms with Crippen molar-refractivity contribution in [1.29, 1.82) is 0 Å². The average Bonchev–Trinajstić information content (AvgIpc) is 2.60. The Bertz CT molecular complexity index is 946. The molecule has 0 aliphatic carbocycles. The first-order valence-corrected chi connectivity index (χ1v) is 8.30. The topological polar surface area (TPSA) is 54.0 Å². The van der Waals surface area contributed by atoms with Gasteiger partial charge >= 0.3 is 0 Å². The Morgan fingerprint density at radius 2 is 1.69 bits per heavy atom. The molecule has 0 bridgehead atoms. The number of halogens is 1. The highest BCUT2D eigenvalue weighted by Gasteiger charge is 2.12. The number of hydrogen-bond acceptors (Lipinski definition) is 3. The van der Waals surface area contributed by atoms with Gasteiger partial charge in [0.25, 0.3) is 5.91 Å². The molecule has 0 radical (unpaired) electrons.